The number of nitrogens with zero attached hydrogens (tertiary/aromatic N) is 2. The number of amides is 2. The van der Waals surface area contributed by atoms with Crippen molar-refractivity contribution in [1.29, 1.82) is 0 Å². The lowest BCUT2D eigenvalue weighted by molar-refractivity contribution is -0.118. The Bertz CT molecular complexity index is 923. The van der Waals surface area contributed by atoms with E-state index in [0.717, 1.165) is 24.2 Å². The Kier molecular flexibility index (Phi) is 4.94. The maximum absolute atomic E-state index is 12.2. The molecule has 0 bridgehead atoms. The predicted molar refractivity (Wildman–Crippen MR) is 106 cm³/mol. The van der Waals surface area contributed by atoms with E-state index in [1.165, 1.54) is 0 Å². The van der Waals surface area contributed by atoms with Crippen molar-refractivity contribution in [3.8, 4) is 17.0 Å². The van der Waals surface area contributed by atoms with Crippen LogP contribution in [0.25, 0.3) is 11.3 Å². The molecular formula is C21H25N3O5. The Hall–Kier alpha value is -3.03. The van der Waals surface area contributed by atoms with Gasteiger partial charge in [0.05, 0.1) is 5.69 Å². The molecule has 0 radical (unpaired) electrons. The molecule has 0 unspecified atom stereocenters. The maximum Gasteiger partial charge on any atom is 0.410 e. The van der Waals surface area contributed by atoms with Gasteiger partial charge in [0.25, 0.3) is 5.91 Å². The molecule has 0 atom stereocenters. The maximum atomic E-state index is 12.2. The third kappa shape index (κ3) is 4.36. The van der Waals surface area contributed by atoms with Crippen LogP contribution < -0.4 is 10.1 Å². The molecule has 0 saturated carbocycles. The Morgan fingerprint density at radius 3 is 2.72 bits per heavy atom. The first-order valence-corrected chi connectivity index (χ1v) is 9.80. The van der Waals surface area contributed by atoms with E-state index in [2.05, 4.69) is 10.5 Å². The first-order chi connectivity index (χ1) is 13.8. The summed E-state index contributed by atoms with van der Waals surface area (Å²) in [5, 5.41) is 7.00. The number of benzene rings is 1. The standard InChI is InChI=1S/C21H25N3O5/c1-21(2,3)28-20(26)24-8-6-13(7-9-24)18-11-15(23-29-18)14-4-5-17-16(10-14)22-19(25)12-27-17/h4-5,10-11,13H,6-9,12H2,1-3H3,(H,22,25). The number of hydrogen-bond donors (Lipinski definition) is 1. The van der Waals surface area contributed by atoms with E-state index < -0.39 is 5.60 Å². The van der Waals surface area contributed by atoms with Gasteiger partial charge < -0.3 is 24.2 Å². The Balaban J connectivity index is 1.41. The average Bonchev–Trinajstić information content (AvgIpc) is 3.16. The highest BCUT2D eigenvalue weighted by Gasteiger charge is 2.29. The molecule has 1 aromatic carbocycles. The van der Waals surface area contributed by atoms with Crippen LogP contribution in [-0.4, -0.2) is 47.4 Å². The fraction of sp³-hybridized carbons (Fsp3) is 0.476. The number of carbonyl (C=O) groups excluding carboxylic acids is 2. The molecule has 1 aromatic heterocycles. The van der Waals surface area contributed by atoms with Crippen molar-refractivity contribution < 1.29 is 23.6 Å². The molecule has 2 aliphatic heterocycles. The molecule has 29 heavy (non-hydrogen) atoms. The summed E-state index contributed by atoms with van der Waals surface area (Å²) in [5.41, 5.74) is 1.69. The van der Waals surface area contributed by atoms with Gasteiger partial charge in [-0.3, -0.25) is 4.79 Å². The van der Waals surface area contributed by atoms with Gasteiger partial charge >= 0.3 is 6.09 Å². The van der Waals surface area contributed by atoms with Gasteiger partial charge in [0.2, 0.25) is 0 Å². The Labute approximate surface area is 169 Å². The van der Waals surface area contributed by atoms with Crippen molar-refractivity contribution in [3.63, 3.8) is 0 Å². The van der Waals surface area contributed by atoms with Crippen molar-refractivity contribution in [2.45, 2.75) is 45.1 Å². The number of ether oxygens (including phenoxy) is 2. The summed E-state index contributed by atoms with van der Waals surface area (Å²) in [5.74, 6) is 1.48. The lowest BCUT2D eigenvalue weighted by Gasteiger charge is -2.32. The third-order valence-corrected chi connectivity index (χ3v) is 4.99. The van der Waals surface area contributed by atoms with Crippen LogP contribution in [0.15, 0.2) is 28.8 Å². The molecule has 3 heterocycles. The van der Waals surface area contributed by atoms with Gasteiger partial charge in [-0.2, -0.15) is 0 Å². The summed E-state index contributed by atoms with van der Waals surface area (Å²) < 4.78 is 16.4. The van der Waals surface area contributed by atoms with Crippen LogP contribution in [0.5, 0.6) is 5.75 Å². The van der Waals surface area contributed by atoms with Crippen molar-refractivity contribution in [2.24, 2.45) is 0 Å². The van der Waals surface area contributed by atoms with Crippen molar-refractivity contribution in [1.82, 2.24) is 10.1 Å². The molecule has 8 heteroatoms. The minimum Gasteiger partial charge on any atom is -0.482 e. The van der Waals surface area contributed by atoms with Gasteiger partial charge in [0.15, 0.2) is 6.61 Å². The lowest BCUT2D eigenvalue weighted by Crippen LogP contribution is -2.41. The third-order valence-electron chi connectivity index (χ3n) is 4.99. The van der Waals surface area contributed by atoms with E-state index in [0.29, 0.717) is 30.2 Å². The number of likely N-dealkylation sites (tertiary alicyclic amines) is 1. The zero-order chi connectivity index (χ0) is 20.6. The predicted octanol–water partition coefficient (Wildman–Crippen LogP) is 3.79. The van der Waals surface area contributed by atoms with E-state index in [-0.39, 0.29) is 24.5 Å². The lowest BCUT2D eigenvalue weighted by atomic mass is 9.94. The molecule has 2 aliphatic rings. The first-order valence-electron chi connectivity index (χ1n) is 9.80. The molecule has 2 amide bonds. The first kappa shape index (κ1) is 19.3. The molecule has 2 aromatic rings. The van der Waals surface area contributed by atoms with Gasteiger partial charge in [-0.25, -0.2) is 4.79 Å². The highest BCUT2D eigenvalue weighted by Crippen LogP contribution is 2.35. The van der Waals surface area contributed by atoms with Crippen molar-refractivity contribution in [3.05, 3.63) is 30.0 Å². The molecule has 1 saturated heterocycles. The number of anilines is 1. The van der Waals surface area contributed by atoms with E-state index >= 15 is 0 Å². The second-order valence-corrected chi connectivity index (χ2v) is 8.40. The van der Waals surface area contributed by atoms with Crippen LogP contribution in [0.2, 0.25) is 0 Å². The van der Waals surface area contributed by atoms with Crippen LogP contribution in [0.3, 0.4) is 0 Å². The van der Waals surface area contributed by atoms with E-state index in [4.69, 9.17) is 14.0 Å². The molecule has 4 rings (SSSR count). The Morgan fingerprint density at radius 2 is 2.00 bits per heavy atom. The molecular weight excluding hydrogens is 374 g/mol. The van der Waals surface area contributed by atoms with E-state index in [1.807, 2.05) is 45.0 Å². The summed E-state index contributed by atoms with van der Waals surface area (Å²) in [6.45, 7) is 6.88. The summed E-state index contributed by atoms with van der Waals surface area (Å²) >= 11 is 0. The SMILES string of the molecule is CC(C)(C)OC(=O)N1CCC(c2cc(-c3ccc4c(c3)NC(=O)CO4)no2)CC1. The summed E-state index contributed by atoms with van der Waals surface area (Å²) in [6.07, 6.45) is 1.32. The molecule has 0 aliphatic carbocycles. The van der Waals surface area contributed by atoms with Gasteiger partial charge in [0.1, 0.15) is 22.8 Å². The number of hydrogen-bond acceptors (Lipinski definition) is 6. The fourth-order valence-electron chi connectivity index (χ4n) is 3.53. The van der Waals surface area contributed by atoms with Crippen LogP contribution in [0, 0.1) is 0 Å². The van der Waals surface area contributed by atoms with Gasteiger partial charge in [-0.05, 0) is 51.8 Å². The van der Waals surface area contributed by atoms with Gasteiger partial charge in [-0.1, -0.05) is 5.16 Å². The fourth-order valence-corrected chi connectivity index (χ4v) is 3.53. The average molecular weight is 399 g/mol. The second kappa shape index (κ2) is 7.42. The summed E-state index contributed by atoms with van der Waals surface area (Å²) in [6, 6.07) is 7.47. The van der Waals surface area contributed by atoms with Crippen LogP contribution >= 0.6 is 0 Å². The number of fused-ring (bicyclic) bond motifs is 1. The summed E-state index contributed by atoms with van der Waals surface area (Å²) in [7, 11) is 0. The van der Waals surface area contributed by atoms with E-state index in [1.54, 1.807) is 4.90 Å². The van der Waals surface area contributed by atoms with Crippen molar-refractivity contribution in [2.75, 3.05) is 25.0 Å². The zero-order valence-electron chi connectivity index (χ0n) is 16.9. The number of aromatic nitrogens is 1. The van der Waals surface area contributed by atoms with Crippen LogP contribution in [0.4, 0.5) is 10.5 Å². The molecule has 1 fully saturated rings. The van der Waals surface area contributed by atoms with Crippen molar-refractivity contribution >= 4 is 17.7 Å². The number of piperidine rings is 1. The van der Waals surface area contributed by atoms with Gasteiger partial charge in [-0.15, -0.1) is 0 Å². The number of carbonyl (C=O) groups is 2. The molecule has 8 nitrogen and oxygen atoms in total. The molecule has 1 N–H and O–H groups in total. The number of rotatable bonds is 2. The minimum atomic E-state index is -0.493. The minimum absolute atomic E-state index is 0.0302. The van der Waals surface area contributed by atoms with E-state index in [9.17, 15) is 9.59 Å². The van der Waals surface area contributed by atoms with Crippen LogP contribution in [-0.2, 0) is 9.53 Å². The van der Waals surface area contributed by atoms with Gasteiger partial charge in [0, 0.05) is 30.6 Å². The largest absolute Gasteiger partial charge is 0.482 e. The number of nitrogens with one attached hydrogen (secondary N) is 1. The smallest absolute Gasteiger partial charge is 0.410 e. The quantitative estimate of drug-likeness (QED) is 0.826. The monoisotopic (exact) mass is 399 g/mol. The highest BCUT2D eigenvalue weighted by atomic mass is 16.6. The normalized spacial score (nSPS) is 17.3. The topological polar surface area (TPSA) is 93.9 Å². The zero-order valence-corrected chi connectivity index (χ0v) is 16.9. The second-order valence-electron chi connectivity index (χ2n) is 8.40. The molecule has 154 valence electrons. The Morgan fingerprint density at radius 1 is 1.24 bits per heavy atom. The highest BCUT2D eigenvalue weighted by molar-refractivity contribution is 5.96. The van der Waals surface area contributed by atoms with Crippen LogP contribution in [0.1, 0.15) is 45.3 Å². The summed E-state index contributed by atoms with van der Waals surface area (Å²) in [4.78, 5) is 25.5. The molecule has 0 spiro atoms.